The Morgan fingerprint density at radius 1 is 1.00 bits per heavy atom. The number of nitrogens with zero attached hydrogens (tertiary/aromatic N) is 3. The predicted octanol–water partition coefficient (Wildman–Crippen LogP) is 5.56. The van der Waals surface area contributed by atoms with Gasteiger partial charge in [0.2, 0.25) is 5.43 Å². The predicted molar refractivity (Wildman–Crippen MR) is 152 cm³/mol. The quantitative estimate of drug-likeness (QED) is 0.341. The van der Waals surface area contributed by atoms with Crippen LogP contribution in [0.15, 0.2) is 58.4 Å². The molecule has 6 rings (SSSR count). The summed E-state index contributed by atoms with van der Waals surface area (Å²) >= 11 is 1.41. The molecule has 7 nitrogen and oxygen atoms in total. The van der Waals surface area contributed by atoms with E-state index in [-0.39, 0.29) is 60.4 Å². The van der Waals surface area contributed by atoms with E-state index in [0.717, 1.165) is 42.2 Å². The lowest BCUT2D eigenvalue weighted by atomic mass is 9.92. The van der Waals surface area contributed by atoms with Crippen molar-refractivity contribution < 1.29 is 23.1 Å². The molecule has 10 heteroatoms. The van der Waals surface area contributed by atoms with Crippen LogP contribution in [0, 0.1) is 11.6 Å². The molecule has 3 aliphatic heterocycles. The van der Waals surface area contributed by atoms with Gasteiger partial charge in [-0.1, -0.05) is 50.5 Å². The van der Waals surface area contributed by atoms with Gasteiger partial charge in [-0.15, -0.1) is 11.8 Å². The number of thioether (sulfide) groups is 1. The molecular weight excluding hydrogens is 548 g/mol. The first kappa shape index (κ1) is 27.5. The molecule has 0 spiro atoms. The Labute approximate surface area is 241 Å². The van der Waals surface area contributed by atoms with E-state index in [0.29, 0.717) is 5.56 Å². The van der Waals surface area contributed by atoms with Gasteiger partial charge in [0, 0.05) is 47.9 Å². The number of Topliss-reactive ketones (excluding diaryl/α,β-unsaturated/α-hetero) is 1. The molecule has 1 aromatic heterocycles. The number of piperidine rings is 1. The number of carbonyl (C=O) groups is 2. The van der Waals surface area contributed by atoms with Crippen LogP contribution in [0.3, 0.4) is 0 Å². The Morgan fingerprint density at radius 2 is 1.83 bits per heavy atom. The number of rotatable bonds is 7. The molecule has 1 fully saturated rings. The Kier molecular flexibility index (Phi) is 7.59. The molecule has 0 N–H and O–H groups in total. The van der Waals surface area contributed by atoms with Crippen molar-refractivity contribution in [3.8, 4) is 5.75 Å². The van der Waals surface area contributed by atoms with Crippen molar-refractivity contribution in [3.63, 3.8) is 0 Å². The number of aromatic nitrogens is 1. The van der Waals surface area contributed by atoms with E-state index in [1.165, 1.54) is 24.0 Å². The molecule has 0 unspecified atom stereocenters. The van der Waals surface area contributed by atoms with Gasteiger partial charge in [-0.3, -0.25) is 24.1 Å². The molecule has 2 atom stereocenters. The first-order valence-corrected chi connectivity index (χ1v) is 15.1. The number of amides is 1. The molecule has 41 heavy (non-hydrogen) atoms. The second-order valence-corrected chi connectivity index (χ2v) is 11.6. The van der Waals surface area contributed by atoms with Crippen LogP contribution in [0.2, 0.25) is 0 Å². The van der Waals surface area contributed by atoms with Crippen molar-refractivity contribution >= 4 is 23.5 Å². The van der Waals surface area contributed by atoms with Gasteiger partial charge in [-0.2, -0.15) is 0 Å². The Balaban J connectivity index is 1.57. The van der Waals surface area contributed by atoms with Gasteiger partial charge in [-0.25, -0.2) is 8.78 Å². The average Bonchev–Trinajstić information content (AvgIpc) is 3.13. The molecule has 214 valence electrons. The first-order valence-electron chi connectivity index (χ1n) is 14.1. The second kappa shape index (κ2) is 11.3. The number of halogens is 2. The van der Waals surface area contributed by atoms with Crippen molar-refractivity contribution in [1.29, 1.82) is 0 Å². The van der Waals surface area contributed by atoms with E-state index >= 15 is 4.39 Å². The molecule has 0 saturated carbocycles. The van der Waals surface area contributed by atoms with Crippen LogP contribution >= 0.6 is 11.8 Å². The second-order valence-electron chi connectivity index (χ2n) is 10.6. The van der Waals surface area contributed by atoms with E-state index in [9.17, 15) is 18.8 Å². The van der Waals surface area contributed by atoms with Gasteiger partial charge < -0.3 is 9.64 Å². The maximum absolute atomic E-state index is 15.3. The molecule has 0 aliphatic carbocycles. The maximum atomic E-state index is 15.3. The number of carbonyl (C=O) groups excluding carboxylic acids is 2. The smallest absolute Gasteiger partial charge is 0.278 e. The fourth-order valence-corrected chi connectivity index (χ4v) is 7.16. The van der Waals surface area contributed by atoms with Crippen LogP contribution in [0.4, 0.5) is 8.78 Å². The number of unbranched alkanes of at least 4 members (excludes halogenated alkanes) is 3. The highest BCUT2D eigenvalue weighted by atomic mass is 32.2. The molecular formula is C31H31F2N3O4S. The summed E-state index contributed by atoms with van der Waals surface area (Å²) < 4.78 is 37.4. The summed E-state index contributed by atoms with van der Waals surface area (Å²) in [6.07, 6.45) is 4.88. The van der Waals surface area contributed by atoms with Crippen molar-refractivity contribution in [3.05, 3.63) is 92.9 Å². The molecule has 0 radical (unpaired) electrons. The monoisotopic (exact) mass is 579 g/mol. The molecule has 2 aromatic carbocycles. The van der Waals surface area contributed by atoms with E-state index in [2.05, 4.69) is 6.92 Å². The van der Waals surface area contributed by atoms with Crippen molar-refractivity contribution in [2.45, 2.75) is 68.3 Å². The van der Waals surface area contributed by atoms with Crippen LogP contribution < -0.4 is 15.2 Å². The average molecular weight is 580 g/mol. The SMILES string of the molecule is CCCCCCOc1c2n(ccc1=O)N([C@@H]1c3ccccc3SCc3c1ccc(F)c3F)[C@@H]1CC(=O)CCN1C2=O. The number of ether oxygens (including phenoxy) is 1. The summed E-state index contributed by atoms with van der Waals surface area (Å²) in [5, 5.41) is 1.87. The number of benzene rings is 2. The largest absolute Gasteiger partial charge is 0.487 e. The van der Waals surface area contributed by atoms with Crippen LogP contribution in [-0.4, -0.2) is 40.6 Å². The lowest BCUT2D eigenvalue weighted by molar-refractivity contribution is -0.123. The van der Waals surface area contributed by atoms with Gasteiger partial charge in [0.1, 0.15) is 11.9 Å². The summed E-state index contributed by atoms with van der Waals surface area (Å²) in [5.74, 6) is -2.04. The third-order valence-corrected chi connectivity index (χ3v) is 9.19. The maximum Gasteiger partial charge on any atom is 0.278 e. The lowest BCUT2D eigenvalue weighted by Crippen LogP contribution is -2.65. The zero-order valence-electron chi connectivity index (χ0n) is 22.8. The van der Waals surface area contributed by atoms with Gasteiger partial charge >= 0.3 is 0 Å². The Bertz CT molecular complexity index is 1580. The topological polar surface area (TPSA) is 71.8 Å². The van der Waals surface area contributed by atoms with Gasteiger partial charge in [0.05, 0.1) is 12.6 Å². The fourth-order valence-electron chi connectivity index (χ4n) is 6.05. The highest BCUT2D eigenvalue weighted by Gasteiger charge is 2.47. The van der Waals surface area contributed by atoms with Crippen LogP contribution in [-0.2, 0) is 10.5 Å². The van der Waals surface area contributed by atoms with Gasteiger partial charge in [-0.05, 0) is 29.7 Å². The minimum atomic E-state index is -0.930. The molecule has 4 heterocycles. The van der Waals surface area contributed by atoms with Crippen molar-refractivity contribution in [1.82, 2.24) is 9.58 Å². The minimum Gasteiger partial charge on any atom is -0.487 e. The zero-order chi connectivity index (χ0) is 28.7. The number of fused-ring (bicyclic) bond motifs is 4. The standard InChI is InChI=1S/C31H31F2N3O4S/c1-2-3-4-7-16-40-30-24(38)13-15-35-29(30)31(39)34-14-12-19(37)17-26(34)36(35)28-20-10-11-23(32)27(33)22(20)18-41-25-9-6-5-8-21(25)28/h5-6,8-11,13,15,26,28H,2-4,7,12,14,16-18H2,1H3/t26-,28+/m1/s1. The van der Waals surface area contributed by atoms with Crippen LogP contribution in [0.1, 0.15) is 78.7 Å². The Hall–Kier alpha value is -3.66. The molecule has 1 amide bonds. The molecule has 3 aromatic rings. The number of ketones is 1. The molecule has 3 aliphatic rings. The summed E-state index contributed by atoms with van der Waals surface area (Å²) in [6, 6.07) is 11.0. The summed E-state index contributed by atoms with van der Waals surface area (Å²) in [5.41, 5.74) is 1.28. The van der Waals surface area contributed by atoms with E-state index in [4.69, 9.17) is 4.74 Å². The third-order valence-electron chi connectivity index (χ3n) is 8.08. The highest BCUT2D eigenvalue weighted by Crippen LogP contribution is 2.45. The van der Waals surface area contributed by atoms with Crippen LogP contribution in [0.25, 0.3) is 0 Å². The molecule has 1 saturated heterocycles. The van der Waals surface area contributed by atoms with E-state index < -0.39 is 29.3 Å². The lowest BCUT2D eigenvalue weighted by Gasteiger charge is -2.51. The van der Waals surface area contributed by atoms with Gasteiger partial charge in [0.25, 0.3) is 5.91 Å². The third kappa shape index (κ3) is 4.81. The van der Waals surface area contributed by atoms with E-state index in [1.807, 2.05) is 29.3 Å². The number of hydrogen-bond donors (Lipinski definition) is 0. The van der Waals surface area contributed by atoms with E-state index in [1.54, 1.807) is 15.6 Å². The summed E-state index contributed by atoms with van der Waals surface area (Å²) in [4.78, 5) is 42.4. The van der Waals surface area contributed by atoms with Crippen LogP contribution in [0.5, 0.6) is 5.75 Å². The Morgan fingerprint density at radius 3 is 2.66 bits per heavy atom. The summed E-state index contributed by atoms with van der Waals surface area (Å²) in [6.45, 7) is 2.58. The van der Waals surface area contributed by atoms with Crippen molar-refractivity contribution in [2.24, 2.45) is 0 Å². The zero-order valence-corrected chi connectivity index (χ0v) is 23.6. The minimum absolute atomic E-state index is 0.00253. The summed E-state index contributed by atoms with van der Waals surface area (Å²) in [7, 11) is 0. The molecule has 0 bridgehead atoms. The number of hydrogen-bond acceptors (Lipinski definition) is 6. The highest BCUT2D eigenvalue weighted by molar-refractivity contribution is 7.98. The van der Waals surface area contributed by atoms with Gasteiger partial charge in [0.15, 0.2) is 23.1 Å². The first-order chi connectivity index (χ1) is 19.9. The fraction of sp³-hybridized carbons (Fsp3) is 0.387. The normalized spacial score (nSPS) is 19.7. The van der Waals surface area contributed by atoms with Crippen molar-refractivity contribution in [2.75, 3.05) is 18.2 Å². The number of pyridine rings is 1.